The number of methoxy groups -OCH3 is 1. The molecule has 1 aliphatic rings. The molecule has 1 amide bonds. The lowest BCUT2D eigenvalue weighted by Gasteiger charge is -2.13. The number of nitrogens with one attached hydrogen (secondary N) is 1. The Morgan fingerprint density at radius 3 is 2.85 bits per heavy atom. The summed E-state index contributed by atoms with van der Waals surface area (Å²) in [6.07, 6.45) is 2.61. The minimum absolute atomic E-state index is 0. The van der Waals surface area contributed by atoms with Crippen LogP contribution >= 0.6 is 24.0 Å². The molecule has 1 fully saturated rings. The van der Waals surface area contributed by atoms with Crippen LogP contribution in [0.2, 0.25) is 5.02 Å². The van der Waals surface area contributed by atoms with Crippen molar-refractivity contribution in [1.82, 2.24) is 5.32 Å². The fourth-order valence-corrected chi connectivity index (χ4v) is 2.24. The molecule has 1 aromatic carbocycles. The van der Waals surface area contributed by atoms with Crippen LogP contribution in [0.4, 0.5) is 0 Å². The maximum atomic E-state index is 11.9. The van der Waals surface area contributed by atoms with Crippen molar-refractivity contribution in [1.29, 1.82) is 0 Å². The second-order valence-corrected chi connectivity index (χ2v) is 5.37. The topological polar surface area (TPSA) is 64.3 Å². The normalized spacial score (nSPS) is 15.2. The zero-order valence-electron chi connectivity index (χ0n) is 11.4. The van der Waals surface area contributed by atoms with Crippen LogP contribution in [0.15, 0.2) is 18.2 Å². The molecular weight excluding hydrogens is 299 g/mol. The second-order valence-electron chi connectivity index (χ2n) is 4.94. The van der Waals surface area contributed by atoms with Gasteiger partial charge in [-0.05, 0) is 37.0 Å². The molecule has 2 rings (SSSR count). The van der Waals surface area contributed by atoms with E-state index in [-0.39, 0.29) is 30.8 Å². The molecule has 3 N–H and O–H groups in total. The monoisotopic (exact) mass is 318 g/mol. The minimum Gasteiger partial charge on any atom is -0.496 e. The minimum atomic E-state index is -0.0586. The zero-order valence-corrected chi connectivity index (χ0v) is 13.0. The number of rotatable bonds is 6. The molecule has 1 aliphatic carbocycles. The Hall–Kier alpha value is -0.970. The highest BCUT2D eigenvalue weighted by atomic mass is 35.5. The largest absolute Gasteiger partial charge is 0.496 e. The van der Waals surface area contributed by atoms with Gasteiger partial charge in [-0.15, -0.1) is 12.4 Å². The molecule has 1 aromatic rings. The van der Waals surface area contributed by atoms with E-state index in [1.54, 1.807) is 25.3 Å². The van der Waals surface area contributed by atoms with Gasteiger partial charge in [0.15, 0.2) is 0 Å². The predicted octanol–water partition coefficient (Wildman–Crippen LogP) is 2.17. The fraction of sp³-hybridized carbons (Fsp3) is 0.500. The van der Waals surface area contributed by atoms with Gasteiger partial charge in [-0.2, -0.15) is 0 Å². The Kier molecular flexibility index (Phi) is 6.59. The first kappa shape index (κ1) is 17.1. The van der Waals surface area contributed by atoms with Gasteiger partial charge in [-0.3, -0.25) is 4.79 Å². The van der Waals surface area contributed by atoms with Crippen LogP contribution in [-0.4, -0.2) is 25.6 Å². The molecule has 1 saturated carbocycles. The third kappa shape index (κ3) is 4.85. The summed E-state index contributed by atoms with van der Waals surface area (Å²) < 4.78 is 5.21. The molecule has 0 bridgehead atoms. The van der Waals surface area contributed by atoms with Crippen LogP contribution in [0.3, 0.4) is 0 Å². The molecule has 0 aliphatic heterocycles. The maximum absolute atomic E-state index is 11.9. The van der Waals surface area contributed by atoms with E-state index in [1.807, 2.05) is 0 Å². The highest BCUT2D eigenvalue weighted by Crippen LogP contribution is 2.31. The number of carbonyl (C=O) groups excluding carboxylic acids is 1. The molecule has 0 spiro atoms. The lowest BCUT2D eigenvalue weighted by Crippen LogP contribution is -2.39. The van der Waals surface area contributed by atoms with E-state index < -0.39 is 0 Å². The summed E-state index contributed by atoms with van der Waals surface area (Å²) in [5.41, 5.74) is 6.73. The fourth-order valence-electron chi connectivity index (χ4n) is 2.04. The molecule has 112 valence electrons. The van der Waals surface area contributed by atoms with Gasteiger partial charge < -0.3 is 15.8 Å². The number of amides is 1. The van der Waals surface area contributed by atoms with Gasteiger partial charge in [0.2, 0.25) is 5.91 Å². The number of ether oxygens (including phenoxy) is 1. The van der Waals surface area contributed by atoms with Crippen LogP contribution < -0.4 is 15.8 Å². The Morgan fingerprint density at radius 1 is 1.55 bits per heavy atom. The molecule has 0 heterocycles. The van der Waals surface area contributed by atoms with Crippen molar-refractivity contribution in [2.24, 2.45) is 11.7 Å². The summed E-state index contributed by atoms with van der Waals surface area (Å²) in [4.78, 5) is 11.9. The first-order valence-corrected chi connectivity index (χ1v) is 6.82. The smallest absolute Gasteiger partial charge is 0.224 e. The number of nitrogens with two attached hydrogens (primary N) is 1. The van der Waals surface area contributed by atoms with E-state index >= 15 is 0 Å². The van der Waals surface area contributed by atoms with Crippen molar-refractivity contribution < 1.29 is 9.53 Å². The van der Waals surface area contributed by atoms with Gasteiger partial charge in [0.05, 0.1) is 13.5 Å². The van der Waals surface area contributed by atoms with Crippen LogP contribution in [0.5, 0.6) is 5.75 Å². The Balaban J connectivity index is 0.00000200. The van der Waals surface area contributed by atoms with Crippen molar-refractivity contribution >= 4 is 29.9 Å². The second kappa shape index (κ2) is 7.72. The first-order valence-electron chi connectivity index (χ1n) is 6.45. The van der Waals surface area contributed by atoms with Gasteiger partial charge in [0, 0.05) is 23.2 Å². The predicted molar refractivity (Wildman–Crippen MR) is 82.7 cm³/mol. The van der Waals surface area contributed by atoms with Crippen molar-refractivity contribution in [2.45, 2.75) is 25.3 Å². The van der Waals surface area contributed by atoms with E-state index in [4.69, 9.17) is 22.1 Å². The summed E-state index contributed by atoms with van der Waals surface area (Å²) in [7, 11) is 1.58. The van der Waals surface area contributed by atoms with E-state index in [1.165, 1.54) is 12.8 Å². The third-order valence-corrected chi connectivity index (χ3v) is 3.59. The van der Waals surface area contributed by atoms with Crippen LogP contribution in [0, 0.1) is 5.92 Å². The Labute approximate surface area is 130 Å². The Morgan fingerprint density at radius 2 is 2.25 bits per heavy atom. The number of benzene rings is 1. The third-order valence-electron chi connectivity index (χ3n) is 3.36. The van der Waals surface area contributed by atoms with Gasteiger partial charge >= 0.3 is 0 Å². The Bertz CT molecular complexity index is 464. The van der Waals surface area contributed by atoms with E-state index in [9.17, 15) is 4.79 Å². The molecule has 0 aromatic heterocycles. The highest BCUT2D eigenvalue weighted by molar-refractivity contribution is 6.30. The lowest BCUT2D eigenvalue weighted by atomic mass is 10.1. The quantitative estimate of drug-likeness (QED) is 0.844. The van der Waals surface area contributed by atoms with Gasteiger partial charge in [-0.1, -0.05) is 11.6 Å². The molecule has 1 unspecified atom stereocenters. The number of hydrogen-bond acceptors (Lipinski definition) is 3. The van der Waals surface area contributed by atoms with E-state index in [0.29, 0.717) is 23.2 Å². The molecular formula is C14H20Cl2N2O2. The molecule has 1 atom stereocenters. The van der Waals surface area contributed by atoms with Crippen molar-refractivity contribution in [2.75, 3.05) is 13.7 Å². The van der Waals surface area contributed by atoms with Crippen LogP contribution in [-0.2, 0) is 11.2 Å². The highest BCUT2D eigenvalue weighted by Gasteiger charge is 2.28. The van der Waals surface area contributed by atoms with Crippen molar-refractivity contribution in [3.63, 3.8) is 0 Å². The maximum Gasteiger partial charge on any atom is 0.224 e. The van der Waals surface area contributed by atoms with E-state index in [0.717, 1.165) is 5.56 Å². The van der Waals surface area contributed by atoms with E-state index in [2.05, 4.69) is 5.32 Å². The van der Waals surface area contributed by atoms with Gasteiger partial charge in [0.1, 0.15) is 5.75 Å². The van der Waals surface area contributed by atoms with Gasteiger partial charge in [-0.25, -0.2) is 0 Å². The summed E-state index contributed by atoms with van der Waals surface area (Å²) in [6.45, 7) is 0.534. The molecule has 0 radical (unpaired) electrons. The van der Waals surface area contributed by atoms with Crippen LogP contribution in [0.25, 0.3) is 0 Å². The molecule has 20 heavy (non-hydrogen) atoms. The summed E-state index contributed by atoms with van der Waals surface area (Å²) in [5, 5.41) is 3.46. The summed E-state index contributed by atoms with van der Waals surface area (Å²) >= 11 is 5.93. The molecule has 6 heteroatoms. The van der Waals surface area contributed by atoms with Crippen LogP contribution in [0.1, 0.15) is 18.4 Å². The SMILES string of the molecule is COc1ccc(Cl)cc1CC(=O)NCC(N)C1CC1.Cl. The van der Waals surface area contributed by atoms with Crippen molar-refractivity contribution in [3.8, 4) is 5.75 Å². The first-order chi connectivity index (χ1) is 9.10. The van der Waals surface area contributed by atoms with Gasteiger partial charge in [0.25, 0.3) is 0 Å². The summed E-state index contributed by atoms with van der Waals surface area (Å²) in [5.74, 6) is 1.20. The summed E-state index contributed by atoms with van der Waals surface area (Å²) in [6, 6.07) is 5.33. The molecule has 0 saturated heterocycles. The average molecular weight is 319 g/mol. The zero-order chi connectivity index (χ0) is 13.8. The number of halogens is 2. The lowest BCUT2D eigenvalue weighted by molar-refractivity contribution is -0.120. The average Bonchev–Trinajstić information content (AvgIpc) is 3.20. The number of carbonyl (C=O) groups is 1. The van der Waals surface area contributed by atoms with Crippen molar-refractivity contribution in [3.05, 3.63) is 28.8 Å². The number of hydrogen-bond donors (Lipinski definition) is 2. The standard InChI is InChI=1S/C14H19ClN2O2.ClH/c1-19-13-5-4-11(15)6-10(13)7-14(18)17-8-12(16)9-2-3-9;/h4-6,9,12H,2-3,7-8,16H2,1H3,(H,17,18);1H. The molecule has 4 nitrogen and oxygen atoms in total.